The van der Waals surface area contributed by atoms with Gasteiger partial charge < -0.3 is 9.84 Å². The third-order valence-electron chi connectivity index (χ3n) is 2.26. The van der Waals surface area contributed by atoms with Crippen LogP contribution in [0.15, 0.2) is 30.3 Å². The first-order valence-electron chi connectivity index (χ1n) is 5.54. The maximum Gasteiger partial charge on any atom is 0.119 e. The molecule has 0 aromatic heterocycles. The fraction of sp³-hybridized carbons (Fsp3) is 0.538. The fourth-order valence-electron chi connectivity index (χ4n) is 1.32. The van der Waals surface area contributed by atoms with Gasteiger partial charge in [-0.05, 0) is 30.9 Å². The van der Waals surface area contributed by atoms with Crippen molar-refractivity contribution in [3.8, 4) is 5.75 Å². The van der Waals surface area contributed by atoms with E-state index < -0.39 is 0 Å². The molecule has 0 saturated heterocycles. The second kappa shape index (κ2) is 6.46. The van der Waals surface area contributed by atoms with Gasteiger partial charge in [0.05, 0.1) is 6.10 Å². The first-order valence-corrected chi connectivity index (χ1v) is 5.54. The maximum atomic E-state index is 9.63. The molecule has 1 unspecified atom stereocenters. The van der Waals surface area contributed by atoms with E-state index >= 15 is 0 Å². The van der Waals surface area contributed by atoms with Crippen molar-refractivity contribution in [2.24, 2.45) is 5.92 Å². The molecule has 0 aliphatic rings. The summed E-state index contributed by atoms with van der Waals surface area (Å²) in [6.45, 7) is 4.70. The lowest BCUT2D eigenvalue weighted by Crippen LogP contribution is -2.18. The monoisotopic (exact) mass is 208 g/mol. The Balaban J connectivity index is 2.19. The second-order valence-corrected chi connectivity index (χ2v) is 4.25. The lowest BCUT2D eigenvalue weighted by Gasteiger charge is -2.13. The van der Waals surface area contributed by atoms with Crippen molar-refractivity contribution in [1.82, 2.24) is 0 Å². The number of hydrogen-bond donors (Lipinski definition) is 1. The quantitative estimate of drug-likeness (QED) is 0.779. The molecule has 1 rings (SSSR count). The smallest absolute Gasteiger partial charge is 0.119 e. The molecule has 0 bridgehead atoms. The molecule has 2 nitrogen and oxygen atoms in total. The van der Waals surface area contributed by atoms with E-state index in [0.717, 1.165) is 18.6 Å². The molecule has 0 amide bonds. The summed E-state index contributed by atoms with van der Waals surface area (Å²) in [5.74, 6) is 1.46. The standard InChI is InChI=1S/C13H20O2/c1-11(2)8-9-12(14)10-15-13-6-4-3-5-7-13/h3-7,11-12,14H,8-10H2,1-2H3. The zero-order valence-electron chi connectivity index (χ0n) is 9.52. The molecule has 0 aliphatic heterocycles. The van der Waals surface area contributed by atoms with Crippen molar-refractivity contribution >= 4 is 0 Å². The largest absolute Gasteiger partial charge is 0.491 e. The Morgan fingerprint density at radius 3 is 2.40 bits per heavy atom. The molecule has 0 aliphatic carbocycles. The molecule has 0 radical (unpaired) electrons. The topological polar surface area (TPSA) is 29.5 Å². The molecule has 15 heavy (non-hydrogen) atoms. The molecule has 1 atom stereocenters. The molecule has 0 heterocycles. The Kier molecular flexibility index (Phi) is 5.19. The van der Waals surface area contributed by atoms with E-state index in [1.165, 1.54) is 0 Å². The maximum absolute atomic E-state index is 9.63. The van der Waals surface area contributed by atoms with Crippen molar-refractivity contribution < 1.29 is 9.84 Å². The van der Waals surface area contributed by atoms with Crippen LogP contribution in [0.5, 0.6) is 5.75 Å². The van der Waals surface area contributed by atoms with E-state index in [9.17, 15) is 5.11 Å². The molecule has 2 heteroatoms. The van der Waals surface area contributed by atoms with Crippen LogP contribution in [0.3, 0.4) is 0 Å². The summed E-state index contributed by atoms with van der Waals surface area (Å²) in [4.78, 5) is 0. The lowest BCUT2D eigenvalue weighted by molar-refractivity contribution is 0.0950. The molecule has 0 spiro atoms. The van der Waals surface area contributed by atoms with Crippen LogP contribution in [-0.2, 0) is 0 Å². The number of rotatable bonds is 6. The van der Waals surface area contributed by atoms with Gasteiger partial charge in [-0.25, -0.2) is 0 Å². The lowest BCUT2D eigenvalue weighted by atomic mass is 10.1. The van der Waals surface area contributed by atoms with Crippen molar-refractivity contribution in [1.29, 1.82) is 0 Å². The number of ether oxygens (including phenoxy) is 1. The van der Waals surface area contributed by atoms with Gasteiger partial charge in [-0.15, -0.1) is 0 Å². The summed E-state index contributed by atoms with van der Waals surface area (Å²) in [6.07, 6.45) is 1.50. The molecule has 0 saturated carbocycles. The van der Waals surface area contributed by atoms with Crippen molar-refractivity contribution in [3.05, 3.63) is 30.3 Å². The fourth-order valence-corrected chi connectivity index (χ4v) is 1.32. The third-order valence-corrected chi connectivity index (χ3v) is 2.26. The highest BCUT2D eigenvalue weighted by molar-refractivity contribution is 5.20. The van der Waals surface area contributed by atoms with E-state index in [2.05, 4.69) is 13.8 Å². The average molecular weight is 208 g/mol. The van der Waals surface area contributed by atoms with Gasteiger partial charge in [0.25, 0.3) is 0 Å². The number of para-hydroxylation sites is 1. The van der Waals surface area contributed by atoms with Crippen molar-refractivity contribution in [2.75, 3.05) is 6.61 Å². The Morgan fingerprint density at radius 2 is 1.80 bits per heavy atom. The van der Waals surface area contributed by atoms with Crippen LogP contribution in [0.4, 0.5) is 0 Å². The van der Waals surface area contributed by atoms with Crippen molar-refractivity contribution in [3.63, 3.8) is 0 Å². The van der Waals surface area contributed by atoms with Gasteiger partial charge in [-0.3, -0.25) is 0 Å². The number of benzene rings is 1. The van der Waals surface area contributed by atoms with Crippen LogP contribution in [0.25, 0.3) is 0 Å². The predicted molar refractivity (Wildman–Crippen MR) is 62.0 cm³/mol. The predicted octanol–water partition coefficient (Wildman–Crippen LogP) is 2.86. The highest BCUT2D eigenvalue weighted by atomic mass is 16.5. The average Bonchev–Trinajstić information content (AvgIpc) is 2.25. The zero-order chi connectivity index (χ0) is 11.1. The van der Waals surface area contributed by atoms with Crippen LogP contribution >= 0.6 is 0 Å². The van der Waals surface area contributed by atoms with E-state index in [-0.39, 0.29) is 6.10 Å². The van der Waals surface area contributed by atoms with Crippen LogP contribution in [0, 0.1) is 5.92 Å². The first-order chi connectivity index (χ1) is 7.18. The normalized spacial score (nSPS) is 12.8. The van der Waals surface area contributed by atoms with Gasteiger partial charge in [0.2, 0.25) is 0 Å². The van der Waals surface area contributed by atoms with Crippen LogP contribution < -0.4 is 4.74 Å². The number of aliphatic hydroxyl groups is 1. The second-order valence-electron chi connectivity index (χ2n) is 4.25. The van der Waals surface area contributed by atoms with Gasteiger partial charge >= 0.3 is 0 Å². The highest BCUT2D eigenvalue weighted by Gasteiger charge is 2.06. The summed E-state index contributed by atoms with van der Waals surface area (Å²) < 4.78 is 5.45. The van der Waals surface area contributed by atoms with Crippen LogP contribution in [0.1, 0.15) is 26.7 Å². The minimum absolute atomic E-state index is 0.354. The van der Waals surface area contributed by atoms with E-state index in [1.54, 1.807) is 0 Å². The van der Waals surface area contributed by atoms with Gasteiger partial charge in [-0.1, -0.05) is 32.0 Å². The zero-order valence-corrected chi connectivity index (χ0v) is 9.52. The molecular formula is C13H20O2. The van der Waals surface area contributed by atoms with Gasteiger partial charge in [0.1, 0.15) is 12.4 Å². The summed E-state index contributed by atoms with van der Waals surface area (Å²) in [5.41, 5.74) is 0. The molecular weight excluding hydrogens is 188 g/mol. The Morgan fingerprint density at radius 1 is 1.13 bits per heavy atom. The highest BCUT2D eigenvalue weighted by Crippen LogP contribution is 2.11. The Hall–Kier alpha value is -1.02. The third kappa shape index (κ3) is 5.43. The Bertz CT molecular complexity index is 256. The Labute approximate surface area is 91.9 Å². The summed E-state index contributed by atoms with van der Waals surface area (Å²) >= 11 is 0. The van der Waals surface area contributed by atoms with E-state index in [1.807, 2.05) is 30.3 Å². The van der Waals surface area contributed by atoms with E-state index in [4.69, 9.17) is 4.74 Å². The van der Waals surface area contributed by atoms with E-state index in [0.29, 0.717) is 12.5 Å². The minimum Gasteiger partial charge on any atom is -0.491 e. The molecule has 1 aromatic rings. The van der Waals surface area contributed by atoms with Gasteiger partial charge in [0.15, 0.2) is 0 Å². The number of aliphatic hydroxyl groups excluding tert-OH is 1. The molecule has 1 aromatic carbocycles. The summed E-state index contributed by atoms with van der Waals surface area (Å²) in [6, 6.07) is 9.60. The minimum atomic E-state index is -0.354. The van der Waals surface area contributed by atoms with Gasteiger partial charge in [0, 0.05) is 0 Å². The van der Waals surface area contributed by atoms with Gasteiger partial charge in [-0.2, -0.15) is 0 Å². The summed E-state index contributed by atoms with van der Waals surface area (Å²) in [7, 11) is 0. The molecule has 1 N–H and O–H groups in total. The SMILES string of the molecule is CC(C)CCC(O)COc1ccccc1. The first kappa shape index (κ1) is 12.1. The molecule has 0 fully saturated rings. The van der Waals surface area contributed by atoms with Crippen LogP contribution in [0.2, 0.25) is 0 Å². The van der Waals surface area contributed by atoms with Crippen LogP contribution in [-0.4, -0.2) is 17.8 Å². The number of hydrogen-bond acceptors (Lipinski definition) is 2. The molecule has 84 valence electrons. The van der Waals surface area contributed by atoms with Crippen molar-refractivity contribution in [2.45, 2.75) is 32.8 Å². The summed E-state index contributed by atoms with van der Waals surface area (Å²) in [5, 5.41) is 9.63.